The number of esters is 1. The molecule has 4 rings (SSSR count). The maximum atomic E-state index is 12.3. The predicted octanol–water partition coefficient (Wildman–Crippen LogP) is 3.31. The summed E-state index contributed by atoms with van der Waals surface area (Å²) < 4.78 is 12.4. The van der Waals surface area contributed by atoms with Gasteiger partial charge in [0.2, 0.25) is 0 Å². The lowest BCUT2D eigenvalue weighted by Crippen LogP contribution is -2.18. The van der Waals surface area contributed by atoms with Gasteiger partial charge in [0.1, 0.15) is 23.6 Å². The number of ether oxygens (including phenoxy) is 1. The minimum Gasteiger partial charge on any atom is -0.460 e. The molecule has 2 aromatic heterocycles. The highest BCUT2D eigenvalue weighted by Crippen LogP contribution is 2.16. The third kappa shape index (κ3) is 2.86. The number of imidazole rings is 1. The molecule has 6 heteroatoms. The molecule has 0 bridgehead atoms. The number of hydrogen-bond donors (Lipinski definition) is 0. The first-order valence-electron chi connectivity index (χ1n) is 8.25. The van der Waals surface area contributed by atoms with E-state index in [2.05, 4.69) is 4.98 Å². The number of fused-ring (bicyclic) bond motifs is 2. The van der Waals surface area contributed by atoms with Gasteiger partial charge in [-0.1, -0.05) is 30.3 Å². The van der Waals surface area contributed by atoms with Gasteiger partial charge in [0.15, 0.2) is 0 Å². The largest absolute Gasteiger partial charge is 0.460 e. The zero-order chi connectivity index (χ0) is 18.1. The monoisotopic (exact) mass is 348 g/mol. The first kappa shape index (κ1) is 16.1. The van der Waals surface area contributed by atoms with Gasteiger partial charge in [0.25, 0.3) is 0 Å². The topological polar surface area (TPSA) is 74.3 Å². The van der Waals surface area contributed by atoms with E-state index in [9.17, 15) is 9.59 Å². The van der Waals surface area contributed by atoms with Crippen molar-refractivity contribution in [3.63, 3.8) is 0 Å². The maximum Gasteiger partial charge on any atom is 0.351 e. The van der Waals surface area contributed by atoms with Crippen LogP contribution in [0.25, 0.3) is 22.0 Å². The van der Waals surface area contributed by atoms with Crippen LogP contribution >= 0.6 is 0 Å². The Bertz CT molecular complexity index is 1170. The number of aryl methyl sites for hydroxylation is 1. The summed E-state index contributed by atoms with van der Waals surface area (Å²) in [6.45, 7) is 2.49. The van der Waals surface area contributed by atoms with Gasteiger partial charge in [0.05, 0.1) is 17.6 Å². The summed E-state index contributed by atoms with van der Waals surface area (Å²) in [6.07, 6.45) is 0. The van der Waals surface area contributed by atoms with Crippen LogP contribution in [0.15, 0.2) is 63.8 Å². The summed E-state index contributed by atoms with van der Waals surface area (Å²) in [5.74, 6) is 0.152. The van der Waals surface area contributed by atoms with Crippen molar-refractivity contribution in [2.24, 2.45) is 0 Å². The van der Waals surface area contributed by atoms with Gasteiger partial charge in [0, 0.05) is 5.39 Å². The molecule has 0 spiro atoms. The highest BCUT2D eigenvalue weighted by Gasteiger charge is 2.15. The highest BCUT2D eigenvalue weighted by molar-refractivity contribution is 5.92. The summed E-state index contributed by atoms with van der Waals surface area (Å²) in [5.41, 5.74) is 1.52. The average Bonchev–Trinajstić information content (AvgIpc) is 2.96. The van der Waals surface area contributed by atoms with Crippen molar-refractivity contribution in [2.75, 3.05) is 6.61 Å². The van der Waals surface area contributed by atoms with Crippen LogP contribution in [-0.2, 0) is 11.3 Å². The van der Waals surface area contributed by atoms with Crippen LogP contribution in [0.5, 0.6) is 0 Å². The zero-order valence-electron chi connectivity index (χ0n) is 14.1. The number of benzene rings is 2. The van der Waals surface area contributed by atoms with Crippen molar-refractivity contribution < 1.29 is 13.9 Å². The van der Waals surface area contributed by atoms with Crippen LogP contribution in [-0.4, -0.2) is 22.1 Å². The van der Waals surface area contributed by atoms with Gasteiger partial charge < -0.3 is 13.7 Å². The van der Waals surface area contributed by atoms with E-state index >= 15 is 0 Å². The van der Waals surface area contributed by atoms with E-state index in [0.717, 1.165) is 16.9 Å². The molecule has 0 atom stereocenters. The van der Waals surface area contributed by atoms with Crippen molar-refractivity contribution in [3.8, 4) is 0 Å². The van der Waals surface area contributed by atoms with Gasteiger partial charge in [-0.2, -0.15) is 0 Å². The van der Waals surface area contributed by atoms with Crippen molar-refractivity contribution in [2.45, 2.75) is 13.5 Å². The van der Waals surface area contributed by atoms with E-state index in [-0.39, 0.29) is 12.2 Å². The van der Waals surface area contributed by atoms with E-state index in [1.54, 1.807) is 18.2 Å². The second-order valence-electron chi connectivity index (χ2n) is 5.92. The van der Waals surface area contributed by atoms with E-state index in [1.165, 1.54) is 6.07 Å². The normalized spacial score (nSPS) is 11.1. The highest BCUT2D eigenvalue weighted by atomic mass is 16.5. The van der Waals surface area contributed by atoms with Crippen molar-refractivity contribution in [3.05, 3.63) is 76.4 Å². The number of carbonyl (C=O) groups is 1. The molecule has 0 aliphatic carbocycles. The fourth-order valence-electron chi connectivity index (χ4n) is 2.99. The standard InChI is InChI=1S/C20H16N2O4/c1-13-21-16-7-3-4-8-17(16)22(13)10-11-25-19(23)15-12-14-6-2-5-9-18(14)26-20(15)24/h2-9,12H,10-11H2,1H3. The lowest BCUT2D eigenvalue weighted by atomic mass is 10.2. The van der Waals surface area contributed by atoms with Gasteiger partial charge in [-0.25, -0.2) is 14.6 Å². The zero-order valence-corrected chi connectivity index (χ0v) is 14.1. The number of para-hydroxylation sites is 3. The summed E-state index contributed by atoms with van der Waals surface area (Å²) in [5, 5.41) is 0.676. The van der Waals surface area contributed by atoms with E-state index < -0.39 is 11.6 Å². The van der Waals surface area contributed by atoms with Crippen LogP contribution in [0.1, 0.15) is 16.2 Å². The molecule has 0 aliphatic heterocycles. The Labute approximate surface area is 148 Å². The minimum absolute atomic E-state index is 0.101. The Morgan fingerprint density at radius 2 is 1.92 bits per heavy atom. The number of carbonyl (C=O) groups excluding carboxylic acids is 1. The molecular formula is C20H16N2O4. The van der Waals surface area contributed by atoms with E-state index in [0.29, 0.717) is 17.5 Å². The molecule has 0 unspecified atom stereocenters. The molecule has 6 nitrogen and oxygen atoms in total. The van der Waals surface area contributed by atoms with Crippen LogP contribution in [0.2, 0.25) is 0 Å². The number of rotatable bonds is 4. The smallest absolute Gasteiger partial charge is 0.351 e. The lowest BCUT2D eigenvalue weighted by Gasteiger charge is -2.08. The number of nitrogens with zero attached hydrogens (tertiary/aromatic N) is 2. The molecule has 0 fully saturated rings. The Kier molecular flexibility index (Phi) is 4.01. The van der Waals surface area contributed by atoms with Crippen molar-refractivity contribution >= 4 is 28.0 Å². The second kappa shape index (κ2) is 6.48. The average molecular weight is 348 g/mol. The Morgan fingerprint density at radius 3 is 2.81 bits per heavy atom. The molecule has 0 aliphatic rings. The summed E-state index contributed by atoms with van der Waals surface area (Å²) in [4.78, 5) is 28.8. The molecule has 130 valence electrons. The fraction of sp³-hybridized carbons (Fsp3) is 0.150. The van der Waals surface area contributed by atoms with Gasteiger partial charge >= 0.3 is 11.6 Å². The molecule has 0 saturated carbocycles. The molecule has 4 aromatic rings. The van der Waals surface area contributed by atoms with E-state index in [1.807, 2.05) is 41.8 Å². The third-order valence-corrected chi connectivity index (χ3v) is 4.25. The van der Waals surface area contributed by atoms with Gasteiger partial charge in [-0.3, -0.25) is 0 Å². The fourth-order valence-corrected chi connectivity index (χ4v) is 2.99. The Balaban J connectivity index is 1.51. The van der Waals surface area contributed by atoms with Crippen LogP contribution in [0.3, 0.4) is 0 Å². The van der Waals surface area contributed by atoms with Crippen LogP contribution in [0.4, 0.5) is 0 Å². The lowest BCUT2D eigenvalue weighted by molar-refractivity contribution is 0.0487. The van der Waals surface area contributed by atoms with Gasteiger partial charge in [-0.05, 0) is 31.2 Å². The van der Waals surface area contributed by atoms with Crippen LogP contribution in [0, 0.1) is 6.92 Å². The molecule has 0 amide bonds. The number of aromatic nitrogens is 2. The molecule has 0 N–H and O–H groups in total. The summed E-state index contributed by atoms with van der Waals surface area (Å²) in [7, 11) is 0. The summed E-state index contributed by atoms with van der Waals surface area (Å²) in [6, 6.07) is 16.3. The maximum absolute atomic E-state index is 12.3. The first-order chi connectivity index (χ1) is 12.6. The number of hydrogen-bond acceptors (Lipinski definition) is 5. The Hall–Kier alpha value is -3.41. The second-order valence-corrected chi connectivity index (χ2v) is 5.92. The SMILES string of the molecule is Cc1nc2ccccc2n1CCOC(=O)c1cc2ccccc2oc1=O. The first-order valence-corrected chi connectivity index (χ1v) is 8.25. The molecule has 0 radical (unpaired) electrons. The summed E-state index contributed by atoms with van der Waals surface area (Å²) >= 11 is 0. The molecule has 2 aromatic carbocycles. The minimum atomic E-state index is -0.696. The predicted molar refractivity (Wildman–Crippen MR) is 97.2 cm³/mol. The van der Waals surface area contributed by atoms with Crippen molar-refractivity contribution in [1.29, 1.82) is 0 Å². The molecule has 2 heterocycles. The molecule has 26 heavy (non-hydrogen) atoms. The molecule has 0 saturated heterocycles. The van der Waals surface area contributed by atoms with Crippen molar-refractivity contribution in [1.82, 2.24) is 9.55 Å². The molecular weight excluding hydrogens is 332 g/mol. The quantitative estimate of drug-likeness (QED) is 0.418. The van der Waals surface area contributed by atoms with E-state index in [4.69, 9.17) is 9.15 Å². The van der Waals surface area contributed by atoms with Gasteiger partial charge in [-0.15, -0.1) is 0 Å². The van der Waals surface area contributed by atoms with Crippen LogP contribution < -0.4 is 5.63 Å². The Morgan fingerprint density at radius 1 is 1.15 bits per heavy atom. The third-order valence-electron chi connectivity index (χ3n) is 4.25.